The Hall–Kier alpha value is -2.25. The molecule has 0 unspecified atom stereocenters. The Labute approximate surface area is 147 Å². The number of thiophene rings is 1. The molecule has 0 spiro atoms. The van der Waals surface area contributed by atoms with Crippen molar-refractivity contribution in [1.29, 1.82) is 0 Å². The largest absolute Gasteiger partial charge is 0.262 e. The molecule has 120 valence electrons. The number of nitrogens with zero attached hydrogens (tertiary/aromatic N) is 4. The minimum atomic E-state index is 0.694. The van der Waals surface area contributed by atoms with Gasteiger partial charge >= 0.3 is 0 Å². The Morgan fingerprint density at radius 3 is 2.83 bits per heavy atom. The highest BCUT2D eigenvalue weighted by Gasteiger charge is 2.13. The van der Waals surface area contributed by atoms with Gasteiger partial charge in [-0.05, 0) is 35.7 Å². The second kappa shape index (κ2) is 6.70. The number of hydrogen-bond donors (Lipinski definition) is 1. The maximum absolute atomic E-state index is 4.76. The summed E-state index contributed by atoms with van der Waals surface area (Å²) in [4.78, 5) is 15.0. The summed E-state index contributed by atoms with van der Waals surface area (Å²) >= 11 is 3.11. The fraction of sp³-hybridized carbons (Fsp3) is 0.176. The second-order valence-corrected chi connectivity index (χ2v) is 7.17. The Morgan fingerprint density at radius 1 is 1.08 bits per heavy atom. The topological polar surface area (TPSA) is 67.3 Å². The second-order valence-electron chi connectivity index (χ2n) is 5.26. The molecule has 24 heavy (non-hydrogen) atoms. The number of nitrogens with one attached hydrogen (secondary N) is 1. The van der Waals surface area contributed by atoms with E-state index in [0.717, 1.165) is 45.3 Å². The van der Waals surface area contributed by atoms with Crippen molar-refractivity contribution >= 4 is 34.0 Å². The van der Waals surface area contributed by atoms with Crippen LogP contribution in [0.15, 0.2) is 52.0 Å². The fourth-order valence-electron chi connectivity index (χ4n) is 2.40. The lowest BCUT2D eigenvalue weighted by molar-refractivity contribution is 0.840. The zero-order valence-corrected chi connectivity index (χ0v) is 14.7. The highest BCUT2D eigenvalue weighted by Crippen LogP contribution is 2.32. The maximum atomic E-state index is 4.76. The highest BCUT2D eigenvalue weighted by atomic mass is 32.2. The molecule has 4 rings (SSSR count). The summed E-state index contributed by atoms with van der Waals surface area (Å²) in [6, 6.07) is 12.1. The predicted octanol–water partition coefficient (Wildman–Crippen LogP) is 4.58. The number of aromatic amines is 1. The first-order valence-electron chi connectivity index (χ1n) is 7.73. The SMILES string of the molecule is CCCc1nc(Sc2nc(-c3cccs3)nc3ccccc23)n[nH]1. The third-order valence-corrected chi connectivity index (χ3v) is 5.23. The van der Waals surface area contributed by atoms with Gasteiger partial charge in [0.1, 0.15) is 10.9 Å². The molecule has 0 bridgehead atoms. The number of rotatable bonds is 5. The molecule has 1 aromatic carbocycles. The molecule has 0 saturated carbocycles. The average molecular weight is 353 g/mol. The molecular weight excluding hydrogens is 338 g/mol. The van der Waals surface area contributed by atoms with Gasteiger partial charge in [-0.1, -0.05) is 31.2 Å². The molecule has 0 radical (unpaired) electrons. The van der Waals surface area contributed by atoms with Crippen LogP contribution in [-0.2, 0) is 6.42 Å². The Balaban J connectivity index is 1.77. The van der Waals surface area contributed by atoms with Crippen molar-refractivity contribution in [3.05, 3.63) is 47.6 Å². The molecule has 0 saturated heterocycles. The van der Waals surface area contributed by atoms with E-state index in [4.69, 9.17) is 9.97 Å². The van der Waals surface area contributed by atoms with E-state index in [0.29, 0.717) is 5.16 Å². The number of H-pyrrole nitrogens is 1. The van der Waals surface area contributed by atoms with Crippen LogP contribution in [0.5, 0.6) is 0 Å². The van der Waals surface area contributed by atoms with Crippen LogP contribution in [0.1, 0.15) is 19.2 Å². The van der Waals surface area contributed by atoms with Crippen LogP contribution in [0, 0.1) is 0 Å². The van der Waals surface area contributed by atoms with E-state index in [1.807, 2.05) is 41.8 Å². The summed E-state index contributed by atoms with van der Waals surface area (Å²) in [5.41, 5.74) is 0.933. The van der Waals surface area contributed by atoms with Gasteiger partial charge in [0.25, 0.3) is 0 Å². The van der Waals surface area contributed by atoms with Crippen molar-refractivity contribution in [2.75, 3.05) is 0 Å². The first-order chi connectivity index (χ1) is 11.8. The lowest BCUT2D eigenvalue weighted by Crippen LogP contribution is -1.93. The highest BCUT2D eigenvalue weighted by molar-refractivity contribution is 7.99. The average Bonchev–Trinajstić information content (AvgIpc) is 3.27. The molecule has 0 amide bonds. The van der Waals surface area contributed by atoms with Gasteiger partial charge in [-0.2, -0.15) is 0 Å². The standard InChI is InChI=1S/C17H15N5S2/c1-2-6-14-19-17(22-21-14)24-16-11-7-3-4-8-12(11)18-15(20-16)13-9-5-10-23-13/h3-5,7-10H,2,6H2,1H3,(H,19,21,22). The Morgan fingerprint density at radius 2 is 2.00 bits per heavy atom. The van der Waals surface area contributed by atoms with Crippen LogP contribution in [-0.4, -0.2) is 25.1 Å². The third-order valence-electron chi connectivity index (χ3n) is 3.50. The number of aromatic nitrogens is 5. The lowest BCUT2D eigenvalue weighted by atomic mass is 10.2. The summed E-state index contributed by atoms with van der Waals surface area (Å²) in [7, 11) is 0. The number of fused-ring (bicyclic) bond motifs is 1. The normalized spacial score (nSPS) is 11.2. The van der Waals surface area contributed by atoms with Gasteiger partial charge in [-0.25, -0.2) is 15.0 Å². The van der Waals surface area contributed by atoms with Gasteiger partial charge in [0.2, 0.25) is 5.16 Å². The van der Waals surface area contributed by atoms with Gasteiger partial charge in [0.15, 0.2) is 5.82 Å². The monoisotopic (exact) mass is 353 g/mol. The van der Waals surface area contributed by atoms with E-state index < -0.39 is 0 Å². The number of para-hydroxylation sites is 1. The predicted molar refractivity (Wildman–Crippen MR) is 97.4 cm³/mol. The van der Waals surface area contributed by atoms with Crippen molar-refractivity contribution in [2.45, 2.75) is 29.9 Å². The molecular formula is C17H15N5S2. The quantitative estimate of drug-likeness (QED) is 0.532. The molecule has 5 nitrogen and oxygen atoms in total. The number of aryl methyl sites for hydroxylation is 1. The first-order valence-corrected chi connectivity index (χ1v) is 9.43. The Kier molecular flexibility index (Phi) is 4.27. The van der Waals surface area contributed by atoms with Gasteiger partial charge in [0.05, 0.1) is 10.4 Å². The third kappa shape index (κ3) is 3.05. The maximum Gasteiger partial charge on any atom is 0.214 e. The van der Waals surface area contributed by atoms with Crippen LogP contribution < -0.4 is 0 Å². The molecule has 0 atom stereocenters. The van der Waals surface area contributed by atoms with E-state index in [-0.39, 0.29) is 0 Å². The van der Waals surface area contributed by atoms with Crippen molar-refractivity contribution in [2.24, 2.45) is 0 Å². The zero-order chi connectivity index (χ0) is 16.4. The van der Waals surface area contributed by atoms with Crippen molar-refractivity contribution in [3.8, 4) is 10.7 Å². The van der Waals surface area contributed by atoms with Crippen LogP contribution in [0.3, 0.4) is 0 Å². The smallest absolute Gasteiger partial charge is 0.214 e. The lowest BCUT2D eigenvalue weighted by Gasteiger charge is -2.05. The Bertz CT molecular complexity index is 962. The molecule has 0 aliphatic carbocycles. The summed E-state index contributed by atoms with van der Waals surface area (Å²) in [5.74, 6) is 1.66. The van der Waals surface area contributed by atoms with Gasteiger partial charge in [-0.3, -0.25) is 5.10 Å². The minimum Gasteiger partial charge on any atom is -0.262 e. The van der Waals surface area contributed by atoms with Crippen molar-refractivity contribution in [1.82, 2.24) is 25.1 Å². The summed E-state index contributed by atoms with van der Waals surface area (Å²) in [6.07, 6.45) is 1.94. The van der Waals surface area contributed by atoms with Crippen LogP contribution >= 0.6 is 23.1 Å². The molecule has 0 fully saturated rings. The minimum absolute atomic E-state index is 0.694. The van der Waals surface area contributed by atoms with E-state index >= 15 is 0 Å². The zero-order valence-electron chi connectivity index (χ0n) is 13.1. The summed E-state index contributed by atoms with van der Waals surface area (Å²) in [6.45, 7) is 2.13. The summed E-state index contributed by atoms with van der Waals surface area (Å²) in [5, 5.41) is 11.9. The molecule has 1 N–H and O–H groups in total. The molecule has 4 aromatic rings. The van der Waals surface area contributed by atoms with Crippen molar-refractivity contribution in [3.63, 3.8) is 0 Å². The molecule has 3 aromatic heterocycles. The molecule has 3 heterocycles. The first kappa shape index (κ1) is 15.3. The van der Waals surface area contributed by atoms with Crippen LogP contribution in [0.25, 0.3) is 21.6 Å². The van der Waals surface area contributed by atoms with Crippen LogP contribution in [0.2, 0.25) is 0 Å². The number of hydrogen-bond acceptors (Lipinski definition) is 6. The van der Waals surface area contributed by atoms with Gasteiger partial charge in [-0.15, -0.1) is 16.4 Å². The van der Waals surface area contributed by atoms with E-state index in [1.165, 1.54) is 11.8 Å². The van der Waals surface area contributed by atoms with E-state index in [1.54, 1.807) is 11.3 Å². The fourth-order valence-corrected chi connectivity index (χ4v) is 3.89. The number of benzene rings is 1. The molecule has 7 heteroatoms. The van der Waals surface area contributed by atoms with E-state index in [2.05, 4.69) is 22.1 Å². The van der Waals surface area contributed by atoms with Gasteiger partial charge in [0, 0.05) is 11.8 Å². The molecule has 0 aliphatic heterocycles. The molecule has 0 aliphatic rings. The van der Waals surface area contributed by atoms with Crippen molar-refractivity contribution < 1.29 is 0 Å². The van der Waals surface area contributed by atoms with Crippen LogP contribution in [0.4, 0.5) is 0 Å². The van der Waals surface area contributed by atoms with Gasteiger partial charge < -0.3 is 0 Å². The summed E-state index contributed by atoms with van der Waals surface area (Å²) < 4.78 is 0. The van der Waals surface area contributed by atoms with E-state index in [9.17, 15) is 0 Å².